The van der Waals surface area contributed by atoms with Gasteiger partial charge >= 0.3 is 10.1 Å². The Morgan fingerprint density at radius 2 is 1.96 bits per heavy atom. The zero-order chi connectivity index (χ0) is 16.7. The number of benzene rings is 2. The van der Waals surface area contributed by atoms with Crippen molar-refractivity contribution in [3.63, 3.8) is 0 Å². The van der Waals surface area contributed by atoms with Gasteiger partial charge in [0, 0.05) is 24.1 Å². The van der Waals surface area contributed by atoms with Crippen molar-refractivity contribution in [2.24, 2.45) is 0 Å². The molecular weight excluding hydrogens is 333 g/mol. The monoisotopic (exact) mass is 349 g/mol. The Labute approximate surface area is 139 Å². The van der Waals surface area contributed by atoms with Gasteiger partial charge in [-0.05, 0) is 43.3 Å². The lowest BCUT2D eigenvalue weighted by atomic mass is 9.90. The zero-order valence-corrected chi connectivity index (χ0v) is 13.6. The molecule has 0 radical (unpaired) electrons. The lowest BCUT2D eigenvalue weighted by Gasteiger charge is -2.24. The zero-order valence-electron chi connectivity index (χ0n) is 12.7. The number of nitrogens with one attached hydrogen (secondary N) is 1. The molecule has 0 aliphatic carbocycles. The van der Waals surface area contributed by atoms with Gasteiger partial charge in [0.1, 0.15) is 28.3 Å². The molecule has 2 aliphatic rings. The minimum absolute atomic E-state index is 0.0812. The molecule has 2 aliphatic heterocycles. The molecule has 0 amide bonds. The van der Waals surface area contributed by atoms with Crippen LogP contribution >= 0.6 is 0 Å². The Hall–Kier alpha value is -2.12. The van der Waals surface area contributed by atoms with E-state index in [1.807, 2.05) is 6.07 Å². The Morgan fingerprint density at radius 1 is 1.17 bits per heavy atom. The van der Waals surface area contributed by atoms with Crippen LogP contribution < -0.4 is 14.2 Å². The molecule has 2 aromatic rings. The molecule has 0 bridgehead atoms. The maximum Gasteiger partial charge on any atom is 0.339 e. The first kappa shape index (κ1) is 15.4. The van der Waals surface area contributed by atoms with E-state index < -0.39 is 15.9 Å². The van der Waals surface area contributed by atoms with Gasteiger partial charge in [-0.15, -0.1) is 0 Å². The highest BCUT2D eigenvalue weighted by Crippen LogP contribution is 2.43. The summed E-state index contributed by atoms with van der Waals surface area (Å²) in [7, 11) is -4.01. The number of fused-ring (bicyclic) bond motifs is 3. The number of hydrogen-bond donors (Lipinski definition) is 1. The third-order valence-electron chi connectivity index (χ3n) is 4.40. The molecule has 0 saturated carbocycles. The van der Waals surface area contributed by atoms with Crippen LogP contribution in [0.2, 0.25) is 0 Å². The van der Waals surface area contributed by atoms with Crippen LogP contribution in [0.25, 0.3) is 0 Å². The second-order valence-corrected chi connectivity index (χ2v) is 7.49. The van der Waals surface area contributed by atoms with E-state index in [0.29, 0.717) is 11.7 Å². The Bertz CT molecular complexity index is 867. The summed E-state index contributed by atoms with van der Waals surface area (Å²) in [6.07, 6.45) is 1.07. The molecule has 0 aromatic heterocycles. The lowest BCUT2D eigenvalue weighted by Crippen LogP contribution is -2.39. The maximum absolute atomic E-state index is 12.9. The molecule has 2 aromatic carbocycles. The molecule has 1 saturated heterocycles. The first-order valence-corrected chi connectivity index (χ1v) is 9.15. The highest BCUT2D eigenvalue weighted by molar-refractivity contribution is 7.87. The summed E-state index contributed by atoms with van der Waals surface area (Å²) < 4.78 is 48.5. The predicted octanol–water partition coefficient (Wildman–Crippen LogP) is 2.43. The molecule has 1 fully saturated rings. The normalized spacial score (nSPS) is 22.4. The summed E-state index contributed by atoms with van der Waals surface area (Å²) in [6.45, 7) is 1.73. The Kier molecular flexibility index (Phi) is 3.69. The Balaban J connectivity index is 1.59. The van der Waals surface area contributed by atoms with E-state index in [9.17, 15) is 12.8 Å². The van der Waals surface area contributed by atoms with Crippen LogP contribution in [0.3, 0.4) is 0 Å². The van der Waals surface area contributed by atoms with Crippen LogP contribution in [-0.4, -0.2) is 27.6 Å². The van der Waals surface area contributed by atoms with E-state index in [1.54, 1.807) is 12.1 Å². The topological polar surface area (TPSA) is 64.6 Å². The second-order valence-electron chi connectivity index (χ2n) is 5.95. The summed E-state index contributed by atoms with van der Waals surface area (Å²) in [5.74, 6) is 0.685. The smallest absolute Gasteiger partial charge is 0.339 e. The van der Waals surface area contributed by atoms with E-state index in [2.05, 4.69) is 5.32 Å². The quantitative estimate of drug-likeness (QED) is 0.862. The summed E-state index contributed by atoms with van der Waals surface area (Å²) in [5, 5.41) is 3.29. The largest absolute Gasteiger partial charge is 0.488 e. The van der Waals surface area contributed by atoms with E-state index in [-0.39, 0.29) is 16.7 Å². The number of piperidine rings is 1. The van der Waals surface area contributed by atoms with Crippen LogP contribution in [0.15, 0.2) is 47.4 Å². The van der Waals surface area contributed by atoms with Crippen molar-refractivity contribution in [3.05, 3.63) is 53.8 Å². The molecule has 1 N–H and O–H groups in total. The first-order chi connectivity index (χ1) is 11.5. The van der Waals surface area contributed by atoms with Crippen molar-refractivity contribution < 1.29 is 21.7 Å². The third kappa shape index (κ3) is 2.74. The molecule has 24 heavy (non-hydrogen) atoms. The molecule has 2 atom stereocenters. The van der Waals surface area contributed by atoms with Gasteiger partial charge in [-0.2, -0.15) is 8.42 Å². The molecule has 2 unspecified atom stereocenters. The van der Waals surface area contributed by atoms with Gasteiger partial charge in [0.2, 0.25) is 0 Å². The van der Waals surface area contributed by atoms with Gasteiger partial charge in [0.15, 0.2) is 0 Å². The Morgan fingerprint density at radius 3 is 2.75 bits per heavy atom. The average Bonchev–Trinajstić information content (AvgIpc) is 2.92. The molecule has 7 heteroatoms. The lowest BCUT2D eigenvalue weighted by molar-refractivity contribution is 0.176. The minimum Gasteiger partial charge on any atom is -0.488 e. The van der Waals surface area contributed by atoms with Gasteiger partial charge < -0.3 is 14.2 Å². The average molecular weight is 349 g/mol. The molecule has 4 rings (SSSR count). The van der Waals surface area contributed by atoms with Crippen molar-refractivity contribution in [2.75, 3.05) is 13.1 Å². The molecule has 126 valence electrons. The van der Waals surface area contributed by atoms with E-state index in [4.69, 9.17) is 8.92 Å². The minimum atomic E-state index is -4.01. The van der Waals surface area contributed by atoms with Gasteiger partial charge in [-0.25, -0.2) is 4.39 Å². The fourth-order valence-corrected chi connectivity index (χ4v) is 4.15. The van der Waals surface area contributed by atoms with E-state index >= 15 is 0 Å². The molecule has 0 spiro atoms. The molecular formula is C17H16FNO4S. The highest BCUT2D eigenvalue weighted by Gasteiger charge is 2.36. The summed E-state index contributed by atoms with van der Waals surface area (Å²) in [4.78, 5) is -0.0943. The van der Waals surface area contributed by atoms with Gasteiger partial charge in [-0.3, -0.25) is 0 Å². The van der Waals surface area contributed by atoms with Crippen molar-refractivity contribution in [3.8, 4) is 11.5 Å². The summed E-state index contributed by atoms with van der Waals surface area (Å²) in [5.41, 5.74) is 1.09. The summed E-state index contributed by atoms with van der Waals surface area (Å²) >= 11 is 0. The predicted molar refractivity (Wildman–Crippen MR) is 85.3 cm³/mol. The van der Waals surface area contributed by atoms with Crippen molar-refractivity contribution >= 4 is 10.1 Å². The van der Waals surface area contributed by atoms with Gasteiger partial charge in [0.05, 0.1) is 0 Å². The SMILES string of the molecule is O=S(=O)(Oc1ccc2c(c1)OC1CNCCC21)c1ccc(F)cc1. The van der Waals surface area contributed by atoms with Crippen LogP contribution in [0.5, 0.6) is 11.5 Å². The number of hydrogen-bond acceptors (Lipinski definition) is 5. The second kappa shape index (κ2) is 5.75. The van der Waals surface area contributed by atoms with E-state index in [0.717, 1.165) is 37.2 Å². The molecule has 5 nitrogen and oxygen atoms in total. The summed E-state index contributed by atoms with van der Waals surface area (Å²) in [6, 6.07) is 9.62. The fraction of sp³-hybridized carbons (Fsp3) is 0.294. The van der Waals surface area contributed by atoms with Gasteiger partial charge in [-0.1, -0.05) is 6.07 Å². The van der Waals surface area contributed by atoms with Crippen molar-refractivity contribution in [1.82, 2.24) is 5.32 Å². The third-order valence-corrected chi connectivity index (χ3v) is 5.66. The fourth-order valence-electron chi connectivity index (χ4n) is 3.22. The van der Waals surface area contributed by atoms with Crippen LogP contribution in [0, 0.1) is 5.82 Å². The van der Waals surface area contributed by atoms with Crippen molar-refractivity contribution in [2.45, 2.75) is 23.3 Å². The highest BCUT2D eigenvalue weighted by atomic mass is 32.2. The standard InChI is InChI=1S/C17H16FNO4S/c18-11-1-4-13(5-2-11)24(20,21)23-12-3-6-14-15-7-8-19-10-17(15)22-16(14)9-12/h1-6,9,15,17,19H,7-8,10H2. The number of ether oxygens (including phenoxy) is 1. The van der Waals surface area contributed by atoms with Crippen molar-refractivity contribution in [1.29, 1.82) is 0 Å². The molecule has 2 heterocycles. The maximum atomic E-state index is 12.9. The number of halogens is 1. The van der Waals surface area contributed by atoms with Gasteiger partial charge in [0.25, 0.3) is 0 Å². The van der Waals surface area contributed by atoms with Crippen LogP contribution in [-0.2, 0) is 10.1 Å². The van der Waals surface area contributed by atoms with Crippen LogP contribution in [0.1, 0.15) is 17.9 Å². The first-order valence-electron chi connectivity index (χ1n) is 7.74. The van der Waals surface area contributed by atoms with Crippen LogP contribution in [0.4, 0.5) is 4.39 Å². The number of rotatable bonds is 3. The van der Waals surface area contributed by atoms with E-state index in [1.165, 1.54) is 12.1 Å².